The Hall–Kier alpha value is -0.390. The van der Waals surface area contributed by atoms with E-state index in [1.807, 2.05) is 13.0 Å². The van der Waals surface area contributed by atoms with E-state index in [9.17, 15) is 9.90 Å². The van der Waals surface area contributed by atoms with Gasteiger partial charge in [0.05, 0.1) is 9.20 Å². The third-order valence-electron chi connectivity index (χ3n) is 3.30. The van der Waals surface area contributed by atoms with Crippen LogP contribution in [0.2, 0.25) is 0 Å². The highest BCUT2D eigenvalue weighted by Gasteiger charge is 2.37. The standard InChI is InChI=1S/C12H16BrNO2S/c1-12(11(15)16)5-2-6-14(8-12)7-9-3-4-10(13)17-9/h3-4H,2,5-8H2,1H3,(H,15,16). The molecule has 0 spiro atoms. The van der Waals surface area contributed by atoms with E-state index in [4.69, 9.17) is 0 Å². The van der Waals surface area contributed by atoms with Gasteiger partial charge in [0, 0.05) is 18.0 Å². The topological polar surface area (TPSA) is 40.5 Å². The van der Waals surface area contributed by atoms with E-state index in [2.05, 4.69) is 26.9 Å². The highest BCUT2D eigenvalue weighted by atomic mass is 79.9. The Morgan fingerprint density at radius 3 is 3.00 bits per heavy atom. The molecule has 1 aromatic rings. The molecule has 0 aliphatic carbocycles. The first-order valence-electron chi connectivity index (χ1n) is 5.69. The van der Waals surface area contributed by atoms with Gasteiger partial charge in [-0.15, -0.1) is 11.3 Å². The molecule has 0 amide bonds. The zero-order valence-corrected chi connectivity index (χ0v) is 12.2. The summed E-state index contributed by atoms with van der Waals surface area (Å²) in [6.07, 6.45) is 1.75. The molecule has 0 saturated carbocycles. The van der Waals surface area contributed by atoms with Crippen molar-refractivity contribution in [3.05, 3.63) is 20.8 Å². The van der Waals surface area contributed by atoms with Gasteiger partial charge >= 0.3 is 5.97 Å². The Morgan fingerprint density at radius 1 is 1.65 bits per heavy atom. The summed E-state index contributed by atoms with van der Waals surface area (Å²) >= 11 is 5.17. The molecule has 5 heteroatoms. The lowest BCUT2D eigenvalue weighted by atomic mass is 9.82. The first-order chi connectivity index (χ1) is 7.99. The molecular weight excluding hydrogens is 302 g/mol. The number of carbonyl (C=O) groups is 1. The van der Waals surface area contributed by atoms with Gasteiger partial charge in [-0.05, 0) is 54.4 Å². The number of nitrogens with zero attached hydrogens (tertiary/aromatic N) is 1. The van der Waals surface area contributed by atoms with Gasteiger partial charge in [0.2, 0.25) is 0 Å². The number of carboxylic acids is 1. The summed E-state index contributed by atoms with van der Waals surface area (Å²) in [7, 11) is 0. The van der Waals surface area contributed by atoms with Crippen molar-refractivity contribution in [1.29, 1.82) is 0 Å². The van der Waals surface area contributed by atoms with E-state index in [0.717, 1.165) is 29.7 Å². The van der Waals surface area contributed by atoms with Gasteiger partial charge < -0.3 is 5.11 Å². The summed E-state index contributed by atoms with van der Waals surface area (Å²) in [6, 6.07) is 4.14. The molecule has 2 heterocycles. The summed E-state index contributed by atoms with van der Waals surface area (Å²) in [5, 5.41) is 9.25. The van der Waals surface area contributed by atoms with Crippen LogP contribution >= 0.6 is 27.3 Å². The van der Waals surface area contributed by atoms with E-state index < -0.39 is 11.4 Å². The molecule has 1 atom stereocenters. The number of piperidine rings is 1. The van der Waals surface area contributed by atoms with Crippen LogP contribution in [-0.2, 0) is 11.3 Å². The van der Waals surface area contributed by atoms with Crippen molar-refractivity contribution in [1.82, 2.24) is 4.90 Å². The average molecular weight is 318 g/mol. The normalized spacial score (nSPS) is 26.0. The van der Waals surface area contributed by atoms with E-state index in [1.54, 1.807) is 11.3 Å². The lowest BCUT2D eigenvalue weighted by Gasteiger charge is -2.37. The number of aliphatic carboxylic acids is 1. The van der Waals surface area contributed by atoms with E-state index in [-0.39, 0.29) is 0 Å². The van der Waals surface area contributed by atoms with Crippen LogP contribution < -0.4 is 0 Å². The van der Waals surface area contributed by atoms with E-state index >= 15 is 0 Å². The van der Waals surface area contributed by atoms with Crippen molar-refractivity contribution in [2.24, 2.45) is 5.41 Å². The zero-order chi connectivity index (χ0) is 12.5. The molecule has 94 valence electrons. The Labute approximate surface area is 114 Å². The van der Waals surface area contributed by atoms with Gasteiger partial charge in [-0.2, -0.15) is 0 Å². The zero-order valence-electron chi connectivity index (χ0n) is 9.78. The van der Waals surface area contributed by atoms with E-state index in [1.165, 1.54) is 4.88 Å². The second-order valence-electron chi connectivity index (χ2n) is 4.89. The molecule has 1 aliphatic heterocycles. The first kappa shape index (κ1) is 13.1. The van der Waals surface area contributed by atoms with Crippen molar-refractivity contribution in [3.63, 3.8) is 0 Å². The fourth-order valence-corrected chi connectivity index (χ4v) is 3.84. The second kappa shape index (κ2) is 5.08. The van der Waals surface area contributed by atoms with Crippen LogP contribution in [0, 0.1) is 5.41 Å². The molecule has 17 heavy (non-hydrogen) atoms. The Morgan fingerprint density at radius 2 is 2.41 bits per heavy atom. The summed E-state index contributed by atoms with van der Waals surface area (Å²) in [5.74, 6) is -0.672. The number of halogens is 1. The van der Waals surface area contributed by atoms with Crippen LogP contribution in [0.15, 0.2) is 15.9 Å². The highest BCUT2D eigenvalue weighted by Crippen LogP contribution is 2.31. The summed E-state index contributed by atoms with van der Waals surface area (Å²) in [6.45, 7) is 4.36. The molecule has 3 nitrogen and oxygen atoms in total. The second-order valence-corrected chi connectivity index (χ2v) is 7.43. The monoisotopic (exact) mass is 317 g/mol. The molecule has 1 aromatic heterocycles. The van der Waals surface area contributed by atoms with Crippen molar-refractivity contribution in [2.75, 3.05) is 13.1 Å². The lowest BCUT2D eigenvalue weighted by Crippen LogP contribution is -2.45. The van der Waals surface area contributed by atoms with Crippen molar-refractivity contribution in [3.8, 4) is 0 Å². The van der Waals surface area contributed by atoms with Gasteiger partial charge in [0.25, 0.3) is 0 Å². The molecule has 1 aliphatic rings. The van der Waals surface area contributed by atoms with Gasteiger partial charge in [-0.25, -0.2) is 0 Å². The minimum Gasteiger partial charge on any atom is -0.481 e. The lowest BCUT2D eigenvalue weighted by molar-refractivity contribution is -0.151. The summed E-state index contributed by atoms with van der Waals surface area (Å²) < 4.78 is 1.13. The Bertz CT molecular complexity index is 420. The van der Waals surface area contributed by atoms with Gasteiger partial charge in [0.15, 0.2) is 0 Å². The number of likely N-dealkylation sites (tertiary alicyclic amines) is 1. The van der Waals surface area contributed by atoms with Crippen LogP contribution in [0.5, 0.6) is 0 Å². The molecule has 0 radical (unpaired) electrons. The fourth-order valence-electron chi connectivity index (χ4n) is 2.31. The molecule has 1 N–H and O–H groups in total. The number of hydrogen-bond acceptors (Lipinski definition) is 3. The molecule has 1 saturated heterocycles. The highest BCUT2D eigenvalue weighted by molar-refractivity contribution is 9.11. The average Bonchev–Trinajstić information content (AvgIpc) is 2.64. The number of rotatable bonds is 3. The van der Waals surface area contributed by atoms with Crippen LogP contribution in [0.3, 0.4) is 0 Å². The fraction of sp³-hybridized carbons (Fsp3) is 0.583. The van der Waals surface area contributed by atoms with Crippen LogP contribution in [0.1, 0.15) is 24.6 Å². The summed E-state index contributed by atoms with van der Waals surface area (Å²) in [5.41, 5.74) is -0.577. The molecular formula is C12H16BrNO2S. The molecule has 0 aromatic carbocycles. The third-order valence-corrected chi connectivity index (χ3v) is 4.91. The van der Waals surface area contributed by atoms with Crippen molar-refractivity contribution in [2.45, 2.75) is 26.3 Å². The maximum Gasteiger partial charge on any atom is 0.310 e. The van der Waals surface area contributed by atoms with Gasteiger partial charge in [-0.3, -0.25) is 9.69 Å². The minimum atomic E-state index is -0.672. The van der Waals surface area contributed by atoms with E-state index in [0.29, 0.717) is 6.54 Å². The van der Waals surface area contributed by atoms with Gasteiger partial charge in [0.1, 0.15) is 0 Å². The third kappa shape index (κ3) is 3.09. The first-order valence-corrected chi connectivity index (χ1v) is 7.30. The minimum absolute atomic E-state index is 0.577. The smallest absolute Gasteiger partial charge is 0.310 e. The maximum atomic E-state index is 11.2. The molecule has 0 bridgehead atoms. The van der Waals surface area contributed by atoms with Crippen molar-refractivity contribution >= 4 is 33.2 Å². The van der Waals surface area contributed by atoms with Crippen molar-refractivity contribution < 1.29 is 9.90 Å². The predicted octanol–water partition coefficient (Wildman–Crippen LogP) is 3.20. The van der Waals surface area contributed by atoms with Crippen LogP contribution in [-0.4, -0.2) is 29.1 Å². The molecule has 1 fully saturated rings. The van der Waals surface area contributed by atoms with Gasteiger partial charge in [-0.1, -0.05) is 0 Å². The predicted molar refractivity (Wildman–Crippen MR) is 72.3 cm³/mol. The van der Waals surface area contributed by atoms with Crippen LogP contribution in [0.4, 0.5) is 0 Å². The number of carboxylic acid groups (broad SMARTS) is 1. The SMILES string of the molecule is CC1(C(=O)O)CCCN(Cc2ccc(Br)s2)C1. The maximum absolute atomic E-state index is 11.2. The summed E-state index contributed by atoms with van der Waals surface area (Å²) in [4.78, 5) is 14.8. The molecule has 2 rings (SSSR count). The number of thiophene rings is 1. The van der Waals surface area contributed by atoms with Crippen LogP contribution in [0.25, 0.3) is 0 Å². The molecule has 1 unspecified atom stereocenters. The Kier molecular flexibility index (Phi) is 3.90. The number of hydrogen-bond donors (Lipinski definition) is 1. The largest absolute Gasteiger partial charge is 0.481 e. The Balaban J connectivity index is 2.00. The quantitative estimate of drug-likeness (QED) is 0.930.